The monoisotopic (exact) mass is 232 g/mol. The zero-order valence-corrected chi connectivity index (χ0v) is 9.90. The molecule has 1 aromatic carbocycles. The lowest BCUT2D eigenvalue weighted by molar-refractivity contribution is 0.171. The van der Waals surface area contributed by atoms with Crippen LogP contribution in [0, 0.1) is 11.3 Å². The van der Waals surface area contributed by atoms with E-state index in [1.165, 1.54) is 0 Å². The lowest BCUT2D eigenvalue weighted by Crippen LogP contribution is -2.20. The van der Waals surface area contributed by atoms with Crippen molar-refractivity contribution in [2.75, 3.05) is 19.8 Å². The third-order valence-corrected chi connectivity index (χ3v) is 2.75. The van der Waals surface area contributed by atoms with E-state index in [1.54, 1.807) is 0 Å². The first-order valence-corrected chi connectivity index (χ1v) is 5.81. The number of nitriles is 1. The van der Waals surface area contributed by atoms with Crippen LogP contribution in [0.2, 0.25) is 0 Å². The van der Waals surface area contributed by atoms with Crippen LogP contribution in [-0.2, 0) is 0 Å². The summed E-state index contributed by atoms with van der Waals surface area (Å²) in [6.07, 6.45) is 0.523. The Labute approximate surface area is 101 Å². The van der Waals surface area contributed by atoms with Gasteiger partial charge in [0.25, 0.3) is 0 Å². The molecule has 0 aliphatic carbocycles. The van der Waals surface area contributed by atoms with Gasteiger partial charge >= 0.3 is 0 Å². The van der Waals surface area contributed by atoms with E-state index < -0.39 is 0 Å². The molecule has 1 aromatic rings. The molecule has 2 rings (SSSR count). The fourth-order valence-corrected chi connectivity index (χ4v) is 1.79. The van der Waals surface area contributed by atoms with Crippen molar-refractivity contribution in [2.45, 2.75) is 19.4 Å². The maximum Gasteiger partial charge on any atom is 0.161 e. The summed E-state index contributed by atoms with van der Waals surface area (Å²) in [6, 6.07) is 8.29. The molecule has 90 valence electrons. The number of nitrogens with one attached hydrogen (secondary N) is 1. The van der Waals surface area contributed by atoms with Crippen molar-refractivity contribution < 1.29 is 9.47 Å². The Morgan fingerprint density at radius 1 is 1.35 bits per heavy atom. The first-order chi connectivity index (χ1) is 8.31. The molecular formula is C13H16N2O2. The number of hydrogen-bond donors (Lipinski definition) is 1. The van der Waals surface area contributed by atoms with Crippen molar-refractivity contribution in [1.29, 1.82) is 5.26 Å². The Bertz CT molecular complexity index is 426. The summed E-state index contributed by atoms with van der Waals surface area (Å²) in [7, 11) is 0. The quantitative estimate of drug-likeness (QED) is 0.807. The van der Waals surface area contributed by atoms with Gasteiger partial charge < -0.3 is 14.8 Å². The van der Waals surface area contributed by atoms with E-state index in [0.717, 1.165) is 17.1 Å². The van der Waals surface area contributed by atoms with Crippen molar-refractivity contribution in [3.63, 3.8) is 0 Å². The molecule has 0 spiro atoms. The Hall–Kier alpha value is -1.73. The average Bonchev–Trinajstić information content (AvgIpc) is 2.38. The zero-order chi connectivity index (χ0) is 12.1. The first-order valence-electron chi connectivity index (χ1n) is 5.81. The van der Waals surface area contributed by atoms with E-state index in [-0.39, 0.29) is 6.04 Å². The van der Waals surface area contributed by atoms with Gasteiger partial charge in [-0.25, -0.2) is 0 Å². The van der Waals surface area contributed by atoms with E-state index in [1.807, 2.05) is 18.2 Å². The third-order valence-electron chi connectivity index (χ3n) is 2.75. The highest BCUT2D eigenvalue weighted by Crippen LogP contribution is 2.32. The van der Waals surface area contributed by atoms with Gasteiger partial charge in [-0.3, -0.25) is 0 Å². The SMILES string of the molecule is CC(NCCC#N)c1ccc2c(c1)OCCO2. The highest BCUT2D eigenvalue weighted by atomic mass is 16.6. The normalized spacial score (nSPS) is 15.1. The summed E-state index contributed by atoms with van der Waals surface area (Å²) in [4.78, 5) is 0. The van der Waals surface area contributed by atoms with Crippen molar-refractivity contribution in [3.8, 4) is 17.6 Å². The maximum absolute atomic E-state index is 8.48. The van der Waals surface area contributed by atoms with Gasteiger partial charge in [-0.05, 0) is 24.6 Å². The van der Waals surface area contributed by atoms with E-state index in [0.29, 0.717) is 26.2 Å². The van der Waals surface area contributed by atoms with Gasteiger partial charge in [-0.1, -0.05) is 6.07 Å². The van der Waals surface area contributed by atoms with Gasteiger partial charge in [-0.15, -0.1) is 0 Å². The molecule has 1 N–H and O–H groups in total. The molecule has 1 aliphatic rings. The molecule has 0 saturated carbocycles. The summed E-state index contributed by atoms with van der Waals surface area (Å²) >= 11 is 0. The molecule has 0 aromatic heterocycles. The van der Waals surface area contributed by atoms with Crippen molar-refractivity contribution in [2.24, 2.45) is 0 Å². The largest absolute Gasteiger partial charge is 0.486 e. The van der Waals surface area contributed by atoms with Gasteiger partial charge in [-0.2, -0.15) is 5.26 Å². The number of benzene rings is 1. The first kappa shape index (κ1) is 11.7. The van der Waals surface area contributed by atoms with Gasteiger partial charge in [0.15, 0.2) is 11.5 Å². The van der Waals surface area contributed by atoms with E-state index in [2.05, 4.69) is 18.3 Å². The predicted molar refractivity (Wildman–Crippen MR) is 64.1 cm³/mol. The Morgan fingerprint density at radius 3 is 2.88 bits per heavy atom. The standard InChI is InChI=1S/C13H16N2O2/c1-10(15-6-2-5-14)11-3-4-12-13(9-11)17-8-7-16-12/h3-4,9-10,15H,2,6-8H2,1H3. The topological polar surface area (TPSA) is 54.3 Å². The Morgan fingerprint density at radius 2 is 2.12 bits per heavy atom. The van der Waals surface area contributed by atoms with Gasteiger partial charge in [0.1, 0.15) is 13.2 Å². The highest BCUT2D eigenvalue weighted by molar-refractivity contribution is 5.44. The molecule has 0 fully saturated rings. The third kappa shape index (κ3) is 2.89. The van der Waals surface area contributed by atoms with E-state index in [4.69, 9.17) is 14.7 Å². The highest BCUT2D eigenvalue weighted by Gasteiger charge is 2.13. The van der Waals surface area contributed by atoms with Crippen LogP contribution in [0.25, 0.3) is 0 Å². The summed E-state index contributed by atoms with van der Waals surface area (Å²) in [5.74, 6) is 1.62. The minimum atomic E-state index is 0.208. The smallest absolute Gasteiger partial charge is 0.161 e. The summed E-state index contributed by atoms with van der Waals surface area (Å²) in [5, 5.41) is 11.8. The van der Waals surface area contributed by atoms with E-state index >= 15 is 0 Å². The lowest BCUT2D eigenvalue weighted by Gasteiger charge is -2.20. The van der Waals surface area contributed by atoms with Crippen LogP contribution in [0.15, 0.2) is 18.2 Å². The molecule has 17 heavy (non-hydrogen) atoms. The van der Waals surface area contributed by atoms with Crippen molar-refractivity contribution in [3.05, 3.63) is 23.8 Å². The second-order valence-electron chi connectivity index (χ2n) is 3.99. The molecule has 0 amide bonds. The second kappa shape index (κ2) is 5.55. The molecule has 4 heteroatoms. The molecule has 1 aliphatic heterocycles. The molecule has 0 radical (unpaired) electrons. The molecular weight excluding hydrogens is 216 g/mol. The minimum Gasteiger partial charge on any atom is -0.486 e. The zero-order valence-electron chi connectivity index (χ0n) is 9.90. The number of rotatable bonds is 4. The van der Waals surface area contributed by atoms with Crippen molar-refractivity contribution >= 4 is 0 Å². The summed E-state index contributed by atoms with van der Waals surface area (Å²) < 4.78 is 11.0. The molecule has 0 bridgehead atoms. The predicted octanol–water partition coefficient (Wildman–Crippen LogP) is 2.02. The Balaban J connectivity index is 2.03. The molecule has 1 heterocycles. The van der Waals surface area contributed by atoms with Gasteiger partial charge in [0.05, 0.1) is 6.07 Å². The van der Waals surface area contributed by atoms with Crippen molar-refractivity contribution in [1.82, 2.24) is 5.32 Å². The Kier molecular flexibility index (Phi) is 3.84. The molecule has 0 saturated heterocycles. The van der Waals surface area contributed by atoms with Crippen LogP contribution in [-0.4, -0.2) is 19.8 Å². The van der Waals surface area contributed by atoms with Crippen LogP contribution in [0.1, 0.15) is 24.9 Å². The lowest BCUT2D eigenvalue weighted by atomic mass is 10.1. The van der Waals surface area contributed by atoms with Crippen LogP contribution in [0.3, 0.4) is 0 Å². The number of ether oxygens (including phenoxy) is 2. The van der Waals surface area contributed by atoms with Gasteiger partial charge in [0.2, 0.25) is 0 Å². The fourth-order valence-electron chi connectivity index (χ4n) is 1.79. The summed E-state index contributed by atoms with van der Waals surface area (Å²) in [6.45, 7) is 3.99. The van der Waals surface area contributed by atoms with Gasteiger partial charge in [0, 0.05) is 19.0 Å². The van der Waals surface area contributed by atoms with Crippen LogP contribution in [0.5, 0.6) is 11.5 Å². The average molecular weight is 232 g/mol. The van der Waals surface area contributed by atoms with Crippen LogP contribution < -0.4 is 14.8 Å². The molecule has 4 nitrogen and oxygen atoms in total. The number of fused-ring (bicyclic) bond motifs is 1. The van der Waals surface area contributed by atoms with Crippen LogP contribution >= 0.6 is 0 Å². The second-order valence-corrected chi connectivity index (χ2v) is 3.99. The number of hydrogen-bond acceptors (Lipinski definition) is 4. The maximum atomic E-state index is 8.48. The van der Waals surface area contributed by atoms with Crippen LogP contribution in [0.4, 0.5) is 0 Å². The summed E-state index contributed by atoms with van der Waals surface area (Å²) in [5.41, 5.74) is 1.15. The molecule has 1 unspecified atom stereocenters. The molecule has 1 atom stereocenters. The fraction of sp³-hybridized carbons (Fsp3) is 0.462. The number of nitrogens with zero attached hydrogens (tertiary/aromatic N) is 1. The minimum absolute atomic E-state index is 0.208. The van der Waals surface area contributed by atoms with E-state index in [9.17, 15) is 0 Å².